The molecule has 0 radical (unpaired) electrons. The van der Waals surface area contributed by atoms with Gasteiger partial charge in [-0.3, -0.25) is 0 Å². The topological polar surface area (TPSA) is 81.2 Å². The van der Waals surface area contributed by atoms with Crippen LogP contribution in [0.5, 0.6) is 0 Å². The van der Waals surface area contributed by atoms with E-state index in [0.29, 0.717) is 32.1 Å². The third-order valence-electron chi connectivity index (χ3n) is 2.73. The lowest BCUT2D eigenvalue weighted by Crippen LogP contribution is -2.05. The van der Waals surface area contributed by atoms with Gasteiger partial charge in [0.05, 0.1) is 25.4 Å². The van der Waals surface area contributed by atoms with Crippen molar-refractivity contribution >= 4 is 0 Å². The summed E-state index contributed by atoms with van der Waals surface area (Å²) in [6.07, 6.45) is 0.463. The zero-order valence-corrected chi connectivity index (χ0v) is 11.5. The van der Waals surface area contributed by atoms with E-state index < -0.39 is 5.82 Å². The molecule has 21 heavy (non-hydrogen) atoms. The highest BCUT2D eigenvalue weighted by Crippen LogP contribution is 2.23. The van der Waals surface area contributed by atoms with Crippen LogP contribution in [0.2, 0.25) is 0 Å². The summed E-state index contributed by atoms with van der Waals surface area (Å²) in [4.78, 5) is 4.14. The number of aromatic nitrogens is 2. The van der Waals surface area contributed by atoms with Crippen LogP contribution in [0.15, 0.2) is 22.7 Å². The Labute approximate surface area is 121 Å². The maximum atomic E-state index is 13.5. The van der Waals surface area contributed by atoms with Crippen molar-refractivity contribution in [2.45, 2.75) is 6.42 Å². The molecule has 0 unspecified atom stereocenters. The molecule has 0 aliphatic carbocycles. The fourth-order valence-corrected chi connectivity index (χ4v) is 1.69. The first-order valence-corrected chi connectivity index (χ1v) is 6.34. The third kappa shape index (κ3) is 3.84. The Balaban J connectivity index is 2.04. The minimum atomic E-state index is -0.613. The quantitative estimate of drug-likeness (QED) is 0.725. The number of hydrogen-bond donors (Lipinski definition) is 0. The highest BCUT2D eigenvalue weighted by Gasteiger charge is 2.15. The smallest absolute Gasteiger partial charge is 0.259 e. The molecule has 2 rings (SSSR count). The molecule has 0 fully saturated rings. The largest absolute Gasteiger partial charge is 0.382 e. The average molecular weight is 291 g/mol. The van der Waals surface area contributed by atoms with E-state index in [1.165, 1.54) is 12.1 Å². The van der Waals surface area contributed by atoms with Gasteiger partial charge in [-0.05, 0) is 12.1 Å². The Morgan fingerprint density at radius 3 is 2.95 bits per heavy atom. The Morgan fingerprint density at radius 1 is 1.33 bits per heavy atom. The second-order valence-corrected chi connectivity index (χ2v) is 4.15. The highest BCUT2D eigenvalue weighted by molar-refractivity contribution is 5.63. The number of halogens is 1. The van der Waals surface area contributed by atoms with Crippen LogP contribution in [-0.4, -0.2) is 37.1 Å². The summed E-state index contributed by atoms with van der Waals surface area (Å²) in [5.41, 5.74) is 0.181. The highest BCUT2D eigenvalue weighted by atomic mass is 19.1. The summed E-state index contributed by atoms with van der Waals surface area (Å²) in [6.45, 7) is 1.44. The summed E-state index contributed by atoms with van der Waals surface area (Å²) in [5.74, 6) is -0.0499. The molecule has 2 aromatic rings. The predicted octanol–water partition coefficient (Wildman–Crippen LogP) is 1.95. The number of benzene rings is 1. The van der Waals surface area contributed by atoms with Crippen LogP contribution in [-0.2, 0) is 15.9 Å². The molecule has 0 saturated carbocycles. The van der Waals surface area contributed by atoms with Gasteiger partial charge in [-0.25, -0.2) is 4.39 Å². The lowest BCUT2D eigenvalue weighted by Gasteiger charge is -2.00. The Hall–Kier alpha value is -2.30. The van der Waals surface area contributed by atoms with Gasteiger partial charge < -0.3 is 14.0 Å². The van der Waals surface area contributed by atoms with E-state index in [1.54, 1.807) is 19.2 Å². The van der Waals surface area contributed by atoms with Crippen molar-refractivity contribution in [1.82, 2.24) is 10.1 Å². The Morgan fingerprint density at radius 2 is 2.19 bits per heavy atom. The minimum Gasteiger partial charge on any atom is -0.382 e. The van der Waals surface area contributed by atoms with E-state index in [-0.39, 0.29) is 17.0 Å². The molecule has 0 N–H and O–H groups in total. The zero-order chi connectivity index (χ0) is 15.1. The molecule has 1 heterocycles. The summed E-state index contributed by atoms with van der Waals surface area (Å²) in [7, 11) is 1.60. The van der Waals surface area contributed by atoms with Gasteiger partial charge in [-0.1, -0.05) is 11.2 Å². The molecule has 0 saturated heterocycles. The van der Waals surface area contributed by atoms with Gasteiger partial charge in [0.15, 0.2) is 5.82 Å². The number of methoxy groups -OCH3 is 1. The van der Waals surface area contributed by atoms with Crippen molar-refractivity contribution in [3.05, 3.63) is 35.4 Å². The first-order chi connectivity index (χ1) is 10.3. The van der Waals surface area contributed by atoms with Gasteiger partial charge in [0.1, 0.15) is 17.4 Å². The molecular formula is C14H14FN3O3. The molecule has 0 amide bonds. The molecule has 6 nitrogen and oxygen atoms in total. The standard InChI is InChI=1S/C14H14FN3O3/c1-19-7-8-20-6-5-13-17-14(21-18-13)10-3-2-4-12(15)11(10)9-16/h2-4H,5-8H2,1H3. The van der Waals surface area contributed by atoms with E-state index in [9.17, 15) is 4.39 Å². The van der Waals surface area contributed by atoms with Crippen molar-refractivity contribution in [3.8, 4) is 17.5 Å². The molecule has 7 heteroatoms. The van der Waals surface area contributed by atoms with Crippen LogP contribution in [0.3, 0.4) is 0 Å². The van der Waals surface area contributed by atoms with Crippen LogP contribution >= 0.6 is 0 Å². The maximum Gasteiger partial charge on any atom is 0.259 e. The van der Waals surface area contributed by atoms with E-state index in [0.717, 1.165) is 0 Å². The van der Waals surface area contributed by atoms with Crippen molar-refractivity contribution in [1.29, 1.82) is 5.26 Å². The number of ether oxygens (including phenoxy) is 2. The van der Waals surface area contributed by atoms with Crippen LogP contribution in [0.4, 0.5) is 4.39 Å². The lowest BCUT2D eigenvalue weighted by atomic mass is 10.1. The molecule has 1 aromatic carbocycles. The fourth-order valence-electron chi connectivity index (χ4n) is 1.69. The fraction of sp³-hybridized carbons (Fsp3) is 0.357. The number of hydrogen-bond acceptors (Lipinski definition) is 6. The normalized spacial score (nSPS) is 10.5. The van der Waals surface area contributed by atoms with E-state index in [1.807, 2.05) is 0 Å². The Kier molecular flexibility index (Phi) is 5.37. The van der Waals surface area contributed by atoms with Crippen LogP contribution in [0.1, 0.15) is 11.4 Å². The van der Waals surface area contributed by atoms with Gasteiger partial charge in [0, 0.05) is 13.5 Å². The first kappa shape index (κ1) is 15.1. The van der Waals surface area contributed by atoms with Gasteiger partial charge in [0.2, 0.25) is 0 Å². The van der Waals surface area contributed by atoms with Gasteiger partial charge in [-0.2, -0.15) is 10.2 Å². The molecule has 0 aliphatic rings. The molecule has 0 bridgehead atoms. The van der Waals surface area contributed by atoms with Crippen LogP contribution < -0.4 is 0 Å². The van der Waals surface area contributed by atoms with E-state index in [4.69, 9.17) is 19.3 Å². The SMILES string of the molecule is COCCOCCc1noc(-c2cccc(F)c2C#N)n1. The summed E-state index contributed by atoms with van der Waals surface area (Å²) in [5, 5.41) is 12.8. The molecule has 0 atom stereocenters. The van der Waals surface area contributed by atoms with Crippen molar-refractivity contribution < 1.29 is 18.4 Å². The monoisotopic (exact) mass is 291 g/mol. The van der Waals surface area contributed by atoms with Crippen LogP contribution in [0.25, 0.3) is 11.5 Å². The van der Waals surface area contributed by atoms with Gasteiger partial charge in [-0.15, -0.1) is 0 Å². The second-order valence-electron chi connectivity index (χ2n) is 4.15. The summed E-state index contributed by atoms with van der Waals surface area (Å²) in [6, 6.07) is 6.06. The number of rotatable bonds is 7. The zero-order valence-electron chi connectivity index (χ0n) is 11.5. The van der Waals surface area contributed by atoms with Gasteiger partial charge in [0.25, 0.3) is 5.89 Å². The molecule has 110 valence electrons. The molecule has 0 aliphatic heterocycles. The summed E-state index contributed by atoms with van der Waals surface area (Å²) < 4.78 is 28.7. The number of nitriles is 1. The Bertz CT molecular complexity index is 637. The van der Waals surface area contributed by atoms with Crippen molar-refractivity contribution in [3.63, 3.8) is 0 Å². The number of nitrogens with zero attached hydrogens (tertiary/aromatic N) is 3. The molecule has 1 aromatic heterocycles. The van der Waals surface area contributed by atoms with E-state index in [2.05, 4.69) is 10.1 Å². The minimum absolute atomic E-state index is 0.107. The maximum absolute atomic E-state index is 13.5. The average Bonchev–Trinajstić information content (AvgIpc) is 2.95. The van der Waals surface area contributed by atoms with Crippen molar-refractivity contribution in [2.75, 3.05) is 26.9 Å². The van der Waals surface area contributed by atoms with E-state index >= 15 is 0 Å². The first-order valence-electron chi connectivity index (χ1n) is 6.34. The second kappa shape index (κ2) is 7.47. The summed E-state index contributed by atoms with van der Waals surface area (Å²) >= 11 is 0. The predicted molar refractivity (Wildman–Crippen MR) is 70.8 cm³/mol. The van der Waals surface area contributed by atoms with Gasteiger partial charge >= 0.3 is 0 Å². The third-order valence-corrected chi connectivity index (χ3v) is 2.73. The van der Waals surface area contributed by atoms with Crippen molar-refractivity contribution in [2.24, 2.45) is 0 Å². The van der Waals surface area contributed by atoms with Crippen LogP contribution in [0, 0.1) is 17.1 Å². The molecule has 0 spiro atoms. The lowest BCUT2D eigenvalue weighted by molar-refractivity contribution is 0.0714. The molecular weight excluding hydrogens is 277 g/mol.